The van der Waals surface area contributed by atoms with Crippen molar-refractivity contribution < 1.29 is 14.6 Å². The van der Waals surface area contributed by atoms with Crippen molar-refractivity contribution in [1.82, 2.24) is 0 Å². The number of hydrogen-bond donors (Lipinski definition) is 1. The Morgan fingerprint density at radius 1 is 1.26 bits per heavy atom. The number of carboxylic acid groups (broad SMARTS) is 1. The summed E-state index contributed by atoms with van der Waals surface area (Å²) in [6.45, 7) is 6.91. The van der Waals surface area contributed by atoms with Crippen LogP contribution in [0.2, 0.25) is 0 Å². The molecule has 0 unspecified atom stereocenters. The van der Waals surface area contributed by atoms with E-state index in [9.17, 15) is 9.90 Å². The third-order valence-corrected chi connectivity index (χ3v) is 3.45. The summed E-state index contributed by atoms with van der Waals surface area (Å²) in [4.78, 5) is 11.3. The highest BCUT2D eigenvalue weighted by Gasteiger charge is 2.19. The largest absolute Gasteiger partial charge is 0.492 e. The fourth-order valence-electron chi connectivity index (χ4n) is 2.25. The quantitative estimate of drug-likeness (QED) is 0.705. The molecule has 3 nitrogen and oxygen atoms in total. The van der Waals surface area contributed by atoms with Crippen molar-refractivity contribution in [2.24, 2.45) is 0 Å². The molecule has 1 rings (SSSR count). The van der Waals surface area contributed by atoms with Crippen molar-refractivity contribution in [3.63, 3.8) is 0 Å². The lowest BCUT2D eigenvalue weighted by Crippen LogP contribution is -2.09. The first-order valence-electron chi connectivity index (χ1n) is 7.14. The van der Waals surface area contributed by atoms with Crippen LogP contribution in [-0.4, -0.2) is 17.7 Å². The maximum Gasteiger partial charge on any atom is 0.339 e. The average Bonchev–Trinajstić information content (AvgIpc) is 2.41. The molecule has 0 aliphatic rings. The van der Waals surface area contributed by atoms with Crippen molar-refractivity contribution in [3.05, 3.63) is 29.3 Å². The van der Waals surface area contributed by atoms with E-state index >= 15 is 0 Å². The molecular formula is C16H24O3. The van der Waals surface area contributed by atoms with Crippen LogP contribution in [0.4, 0.5) is 0 Å². The second-order valence-electron chi connectivity index (χ2n) is 4.74. The molecule has 0 spiro atoms. The molecule has 0 fully saturated rings. The van der Waals surface area contributed by atoms with Crippen molar-refractivity contribution in [2.75, 3.05) is 6.61 Å². The first-order valence-corrected chi connectivity index (χ1v) is 7.14. The van der Waals surface area contributed by atoms with E-state index in [1.54, 1.807) is 6.07 Å². The van der Waals surface area contributed by atoms with Crippen molar-refractivity contribution in [1.29, 1.82) is 0 Å². The van der Waals surface area contributed by atoms with Crippen molar-refractivity contribution >= 4 is 5.97 Å². The predicted molar refractivity (Wildman–Crippen MR) is 77.1 cm³/mol. The van der Waals surface area contributed by atoms with Gasteiger partial charge < -0.3 is 9.84 Å². The van der Waals surface area contributed by atoms with Crippen LogP contribution in [0.1, 0.15) is 68.3 Å². The molecule has 0 aliphatic heterocycles. The summed E-state index contributed by atoms with van der Waals surface area (Å²) < 4.78 is 5.77. The molecule has 0 saturated heterocycles. The monoisotopic (exact) mass is 264 g/mol. The molecule has 0 heterocycles. The minimum Gasteiger partial charge on any atom is -0.492 e. The Kier molecular flexibility index (Phi) is 6.40. The first kappa shape index (κ1) is 15.5. The van der Waals surface area contributed by atoms with E-state index in [2.05, 4.69) is 20.8 Å². The molecule has 1 N–H and O–H groups in total. The number of para-hydroxylation sites is 1. The smallest absolute Gasteiger partial charge is 0.339 e. The summed E-state index contributed by atoms with van der Waals surface area (Å²) in [6, 6.07) is 5.42. The minimum absolute atomic E-state index is 0.278. The molecule has 0 radical (unpaired) electrons. The minimum atomic E-state index is -0.917. The van der Waals surface area contributed by atoms with Gasteiger partial charge in [-0.25, -0.2) is 4.79 Å². The number of benzene rings is 1. The molecule has 0 amide bonds. The van der Waals surface area contributed by atoms with E-state index in [1.165, 1.54) is 0 Å². The summed E-state index contributed by atoms with van der Waals surface area (Å²) in [5.41, 5.74) is 1.31. The second kappa shape index (κ2) is 7.82. The summed E-state index contributed by atoms with van der Waals surface area (Å²) in [5.74, 6) is 0.00683. The Bertz CT molecular complexity index is 408. The van der Waals surface area contributed by atoms with Gasteiger partial charge in [0.05, 0.1) is 6.61 Å². The van der Waals surface area contributed by atoms with Crippen molar-refractivity contribution in [3.8, 4) is 5.75 Å². The highest BCUT2D eigenvalue weighted by Crippen LogP contribution is 2.34. The lowest BCUT2D eigenvalue weighted by Gasteiger charge is -2.19. The Balaban J connectivity index is 3.13. The molecule has 3 heteroatoms. The zero-order valence-corrected chi connectivity index (χ0v) is 12.1. The maximum atomic E-state index is 11.3. The molecule has 19 heavy (non-hydrogen) atoms. The van der Waals surface area contributed by atoms with Gasteiger partial charge in [-0.15, -0.1) is 0 Å². The summed E-state index contributed by atoms with van der Waals surface area (Å²) >= 11 is 0. The Morgan fingerprint density at radius 3 is 2.47 bits per heavy atom. The number of carboxylic acids is 1. The van der Waals surface area contributed by atoms with Crippen LogP contribution < -0.4 is 4.74 Å². The third-order valence-electron chi connectivity index (χ3n) is 3.45. The highest BCUT2D eigenvalue weighted by molar-refractivity contribution is 5.91. The fraction of sp³-hybridized carbons (Fsp3) is 0.562. The zero-order valence-electron chi connectivity index (χ0n) is 12.1. The second-order valence-corrected chi connectivity index (χ2v) is 4.74. The first-order chi connectivity index (χ1) is 9.15. The van der Waals surface area contributed by atoms with Gasteiger partial charge in [0.1, 0.15) is 11.3 Å². The fourth-order valence-corrected chi connectivity index (χ4v) is 2.25. The van der Waals surface area contributed by atoms with Crippen LogP contribution in [-0.2, 0) is 0 Å². The van der Waals surface area contributed by atoms with Crippen LogP contribution >= 0.6 is 0 Å². The summed E-state index contributed by atoms with van der Waals surface area (Å²) in [5, 5.41) is 9.29. The van der Waals surface area contributed by atoms with Crippen molar-refractivity contribution in [2.45, 2.75) is 52.4 Å². The average molecular weight is 264 g/mol. The van der Waals surface area contributed by atoms with Crippen LogP contribution in [0.3, 0.4) is 0 Å². The van der Waals surface area contributed by atoms with Gasteiger partial charge in [0.25, 0.3) is 0 Å². The Hall–Kier alpha value is -1.51. The summed E-state index contributed by atoms with van der Waals surface area (Å²) in [7, 11) is 0. The standard InChI is InChI=1S/C16H24O3/c1-4-7-11-19-15-13(12(5-2)6-3)9-8-10-14(15)16(17)18/h8-10,12H,4-7,11H2,1-3H3,(H,17,18). The molecule has 1 aromatic carbocycles. The van der Waals surface area contributed by atoms with Crippen LogP contribution in [0.15, 0.2) is 18.2 Å². The van der Waals surface area contributed by atoms with E-state index in [4.69, 9.17) is 4.74 Å². The number of aromatic carboxylic acids is 1. The molecule has 0 aromatic heterocycles. The number of carbonyl (C=O) groups is 1. The van der Waals surface area contributed by atoms with E-state index in [1.807, 2.05) is 12.1 Å². The van der Waals surface area contributed by atoms with Gasteiger partial charge in [0.15, 0.2) is 0 Å². The molecule has 106 valence electrons. The molecular weight excluding hydrogens is 240 g/mol. The lowest BCUT2D eigenvalue weighted by molar-refractivity contribution is 0.0692. The van der Waals surface area contributed by atoms with Gasteiger partial charge in [-0.2, -0.15) is 0 Å². The van der Waals surface area contributed by atoms with Gasteiger partial charge in [-0.3, -0.25) is 0 Å². The van der Waals surface area contributed by atoms with E-state index in [0.29, 0.717) is 18.3 Å². The molecule has 0 bridgehead atoms. The van der Waals surface area contributed by atoms with Crippen LogP contribution in [0.5, 0.6) is 5.75 Å². The third kappa shape index (κ3) is 3.98. The Morgan fingerprint density at radius 2 is 1.95 bits per heavy atom. The van der Waals surface area contributed by atoms with E-state index in [0.717, 1.165) is 31.2 Å². The zero-order chi connectivity index (χ0) is 14.3. The van der Waals surface area contributed by atoms with Gasteiger partial charge in [0, 0.05) is 0 Å². The van der Waals surface area contributed by atoms with Crippen LogP contribution in [0, 0.1) is 0 Å². The lowest BCUT2D eigenvalue weighted by atomic mass is 9.91. The van der Waals surface area contributed by atoms with Gasteiger partial charge in [-0.05, 0) is 36.8 Å². The normalized spacial score (nSPS) is 10.7. The van der Waals surface area contributed by atoms with Gasteiger partial charge in [-0.1, -0.05) is 39.3 Å². The maximum absolute atomic E-state index is 11.3. The number of rotatable bonds is 8. The topological polar surface area (TPSA) is 46.5 Å². The number of hydrogen-bond acceptors (Lipinski definition) is 2. The number of unbranched alkanes of at least 4 members (excludes halogenated alkanes) is 1. The molecule has 0 aliphatic carbocycles. The SMILES string of the molecule is CCCCOc1c(C(=O)O)cccc1C(CC)CC. The predicted octanol–water partition coefficient (Wildman–Crippen LogP) is 4.47. The molecule has 0 atom stereocenters. The molecule has 1 aromatic rings. The van der Waals surface area contributed by atoms with Crippen LogP contribution in [0.25, 0.3) is 0 Å². The Labute approximate surface area is 115 Å². The van der Waals surface area contributed by atoms with E-state index in [-0.39, 0.29) is 5.56 Å². The number of ether oxygens (including phenoxy) is 1. The van der Waals surface area contributed by atoms with Gasteiger partial charge >= 0.3 is 5.97 Å². The van der Waals surface area contributed by atoms with Gasteiger partial charge in [0.2, 0.25) is 0 Å². The highest BCUT2D eigenvalue weighted by atomic mass is 16.5. The molecule has 0 saturated carbocycles. The summed E-state index contributed by atoms with van der Waals surface area (Å²) in [6.07, 6.45) is 3.96. The van der Waals surface area contributed by atoms with E-state index < -0.39 is 5.97 Å².